The number of rotatable bonds is 14. The average molecular weight is 592 g/mol. The molecule has 2 aromatic carbocycles. The number of nitrogens with two attached hydrogens (primary N) is 1. The van der Waals surface area contributed by atoms with Gasteiger partial charge in [0.25, 0.3) is 5.56 Å². The van der Waals surface area contributed by atoms with Gasteiger partial charge < -0.3 is 28.8 Å². The summed E-state index contributed by atoms with van der Waals surface area (Å²) in [6.45, 7) is 0.0483. The number of ether oxygens (including phenoxy) is 2. The van der Waals surface area contributed by atoms with Crippen molar-refractivity contribution in [2.24, 2.45) is 0 Å². The molecule has 0 aliphatic rings. The third-order valence-corrected chi connectivity index (χ3v) is 7.93. The third-order valence-electron chi connectivity index (χ3n) is 5.47. The summed E-state index contributed by atoms with van der Waals surface area (Å²) in [6, 6.07) is 12.4. The van der Waals surface area contributed by atoms with Gasteiger partial charge in [-0.2, -0.15) is 4.98 Å². The molecule has 1 atom stereocenters. The number of hydrogen-bond acceptors (Lipinski definition) is 11. The lowest BCUT2D eigenvalue weighted by Crippen LogP contribution is -2.13. The lowest BCUT2D eigenvalue weighted by atomic mass is 10.2. The van der Waals surface area contributed by atoms with Crippen LogP contribution in [0.15, 0.2) is 59.7 Å². The van der Waals surface area contributed by atoms with Gasteiger partial charge in [0.1, 0.15) is 17.9 Å². The number of aromatic amines is 1. The van der Waals surface area contributed by atoms with Gasteiger partial charge in [-0.3, -0.25) is 19.1 Å². The second-order valence-corrected chi connectivity index (χ2v) is 11.4. The Kier molecular flexibility index (Phi) is 10.1. The van der Waals surface area contributed by atoms with E-state index < -0.39 is 25.3 Å². The Balaban J connectivity index is 1.33. The van der Waals surface area contributed by atoms with Crippen LogP contribution in [-0.2, 0) is 31.5 Å². The third kappa shape index (κ3) is 7.99. The fourth-order valence-corrected chi connectivity index (χ4v) is 5.58. The smallest absolute Gasteiger partial charge is 0.356 e. The van der Waals surface area contributed by atoms with Gasteiger partial charge in [-0.1, -0.05) is 23.9 Å². The van der Waals surface area contributed by atoms with Crippen LogP contribution in [0.2, 0.25) is 0 Å². The minimum absolute atomic E-state index is 0.0489. The van der Waals surface area contributed by atoms with E-state index >= 15 is 0 Å². The standard InChI is InChI=1S/C25H27FN5O7PS/c1-35-20-7-5-18(6-8-20)24(33)40-12-11-37-39(34,38-14-17-3-2-4-19(26)13-17)16-36-10-9-31-15-28-21-22(31)29-25(27)30-23(21)32/h2-8,13,15H,9-12,14,16H2,1H3,(H3,27,29,30,32). The molecule has 1 unspecified atom stereocenters. The Bertz CT molecular complexity index is 1560. The average Bonchev–Trinajstić information content (AvgIpc) is 3.35. The zero-order valence-corrected chi connectivity index (χ0v) is 23.2. The SMILES string of the molecule is COc1ccc(C(=O)SCCOP(=O)(COCCn2cnc3c(=O)[nH]c(N)nc32)OCc2cccc(F)c2)cc1. The summed E-state index contributed by atoms with van der Waals surface area (Å²) in [5.41, 5.74) is 6.52. The summed E-state index contributed by atoms with van der Waals surface area (Å²) in [5, 5.41) is -0.182. The van der Waals surface area contributed by atoms with Gasteiger partial charge in [-0.05, 0) is 42.0 Å². The quantitative estimate of drug-likeness (QED) is 0.162. The Morgan fingerprint density at radius 2 is 1.98 bits per heavy atom. The molecule has 0 saturated carbocycles. The van der Waals surface area contributed by atoms with Crippen molar-refractivity contribution in [2.45, 2.75) is 13.2 Å². The van der Waals surface area contributed by atoms with Crippen molar-refractivity contribution < 1.29 is 32.3 Å². The number of halogens is 1. The molecule has 15 heteroatoms. The van der Waals surface area contributed by atoms with Gasteiger partial charge in [-0.25, -0.2) is 9.37 Å². The predicted molar refractivity (Wildman–Crippen MR) is 148 cm³/mol. The monoisotopic (exact) mass is 591 g/mol. The van der Waals surface area contributed by atoms with E-state index in [1.807, 2.05) is 0 Å². The van der Waals surface area contributed by atoms with Crippen LogP contribution < -0.4 is 16.0 Å². The number of carbonyl (C=O) groups is 1. The topological polar surface area (TPSA) is 161 Å². The van der Waals surface area contributed by atoms with E-state index in [-0.39, 0.29) is 54.3 Å². The van der Waals surface area contributed by atoms with E-state index in [2.05, 4.69) is 15.0 Å². The van der Waals surface area contributed by atoms with Crippen LogP contribution in [0.4, 0.5) is 10.3 Å². The second-order valence-electron chi connectivity index (χ2n) is 8.31. The van der Waals surface area contributed by atoms with E-state index in [1.165, 1.54) is 31.6 Å². The molecule has 4 rings (SSSR count). The number of nitrogens with zero attached hydrogens (tertiary/aromatic N) is 3. The Morgan fingerprint density at radius 3 is 2.73 bits per heavy atom. The molecular weight excluding hydrogens is 564 g/mol. The maximum absolute atomic E-state index is 13.6. The molecule has 4 aromatic rings. The van der Waals surface area contributed by atoms with Crippen molar-refractivity contribution >= 4 is 41.6 Å². The summed E-state index contributed by atoms with van der Waals surface area (Å²) in [7, 11) is -2.28. The highest BCUT2D eigenvalue weighted by Crippen LogP contribution is 2.49. The minimum Gasteiger partial charge on any atom is -0.497 e. The Hall–Kier alpha value is -3.55. The lowest BCUT2D eigenvalue weighted by Gasteiger charge is -2.19. The van der Waals surface area contributed by atoms with Gasteiger partial charge in [-0.15, -0.1) is 0 Å². The number of imidazole rings is 1. The molecule has 212 valence electrons. The maximum Gasteiger partial charge on any atom is 0.356 e. The highest BCUT2D eigenvalue weighted by Gasteiger charge is 2.26. The molecule has 0 amide bonds. The van der Waals surface area contributed by atoms with Crippen molar-refractivity contribution in [3.05, 3.63) is 82.2 Å². The van der Waals surface area contributed by atoms with Gasteiger partial charge in [0.2, 0.25) is 11.1 Å². The Labute approximate surface area is 232 Å². The number of benzene rings is 2. The zero-order chi connectivity index (χ0) is 28.5. The fraction of sp³-hybridized carbons (Fsp3) is 0.280. The van der Waals surface area contributed by atoms with E-state index in [0.717, 1.165) is 11.8 Å². The van der Waals surface area contributed by atoms with Crippen LogP contribution in [0.3, 0.4) is 0 Å². The van der Waals surface area contributed by atoms with Crippen molar-refractivity contribution in [1.29, 1.82) is 0 Å². The first kappa shape index (κ1) is 29.4. The molecule has 0 radical (unpaired) electrons. The molecule has 12 nitrogen and oxygen atoms in total. The molecule has 2 aromatic heterocycles. The van der Waals surface area contributed by atoms with Crippen LogP contribution in [0.25, 0.3) is 11.2 Å². The number of H-pyrrole nitrogens is 1. The first-order valence-corrected chi connectivity index (χ1v) is 14.7. The van der Waals surface area contributed by atoms with Crippen LogP contribution in [0.5, 0.6) is 5.75 Å². The molecule has 3 N–H and O–H groups in total. The van der Waals surface area contributed by atoms with Gasteiger partial charge in [0.15, 0.2) is 11.2 Å². The fourth-order valence-electron chi connectivity index (χ4n) is 3.51. The first-order chi connectivity index (χ1) is 19.3. The number of nitrogen functional groups attached to an aromatic ring is 1. The number of nitrogens with one attached hydrogen (secondary N) is 1. The van der Waals surface area contributed by atoms with Crippen LogP contribution in [0, 0.1) is 5.82 Å². The van der Waals surface area contributed by atoms with Crippen molar-refractivity contribution in [3.8, 4) is 5.75 Å². The normalized spacial score (nSPS) is 12.8. The molecular formula is C25H27FN5O7PS. The minimum atomic E-state index is -3.81. The van der Waals surface area contributed by atoms with Crippen molar-refractivity contribution in [1.82, 2.24) is 19.5 Å². The van der Waals surface area contributed by atoms with Gasteiger partial charge in [0.05, 0.1) is 33.3 Å². The van der Waals surface area contributed by atoms with Crippen molar-refractivity contribution in [2.75, 3.05) is 38.2 Å². The molecule has 0 aliphatic heterocycles. The summed E-state index contributed by atoms with van der Waals surface area (Å²) in [5.74, 6) is 0.340. The number of thioether (sulfide) groups is 1. The molecule has 40 heavy (non-hydrogen) atoms. The van der Waals surface area contributed by atoms with Crippen molar-refractivity contribution in [3.63, 3.8) is 0 Å². The second kappa shape index (κ2) is 13.7. The molecule has 0 fully saturated rings. The van der Waals surface area contributed by atoms with Gasteiger partial charge in [0, 0.05) is 17.9 Å². The zero-order valence-electron chi connectivity index (χ0n) is 21.4. The molecule has 2 heterocycles. The van der Waals surface area contributed by atoms with E-state index in [4.69, 9.17) is 24.3 Å². The van der Waals surface area contributed by atoms with Crippen LogP contribution in [-0.4, -0.2) is 57.1 Å². The van der Waals surface area contributed by atoms with Gasteiger partial charge >= 0.3 is 7.60 Å². The van der Waals surface area contributed by atoms with Crippen LogP contribution >= 0.6 is 19.4 Å². The summed E-state index contributed by atoms with van der Waals surface area (Å²) < 4.78 is 50.4. The summed E-state index contributed by atoms with van der Waals surface area (Å²) in [6.07, 6.45) is 1.02. The number of hydrogen-bond donors (Lipinski definition) is 2. The maximum atomic E-state index is 13.6. The molecule has 0 spiro atoms. The number of aromatic nitrogens is 4. The molecule has 0 bridgehead atoms. The molecule has 0 saturated heterocycles. The lowest BCUT2D eigenvalue weighted by molar-refractivity contribution is 0.108. The molecule has 0 aliphatic carbocycles. The summed E-state index contributed by atoms with van der Waals surface area (Å²) >= 11 is 1.00. The van der Waals surface area contributed by atoms with E-state index in [9.17, 15) is 18.5 Å². The number of carbonyl (C=O) groups excluding carboxylic acids is 1. The number of anilines is 1. The first-order valence-electron chi connectivity index (χ1n) is 12.0. The summed E-state index contributed by atoms with van der Waals surface area (Å²) in [4.78, 5) is 34.9. The largest absolute Gasteiger partial charge is 0.497 e. The highest BCUT2D eigenvalue weighted by atomic mass is 32.2. The Morgan fingerprint density at radius 1 is 1.18 bits per heavy atom. The highest BCUT2D eigenvalue weighted by molar-refractivity contribution is 8.14. The number of methoxy groups -OCH3 is 1. The van der Waals surface area contributed by atoms with E-state index in [0.29, 0.717) is 16.9 Å². The predicted octanol–water partition coefficient (Wildman–Crippen LogP) is 3.82. The van der Waals surface area contributed by atoms with E-state index in [1.54, 1.807) is 34.9 Å². The number of fused-ring (bicyclic) bond motifs is 1. The van der Waals surface area contributed by atoms with Crippen LogP contribution in [0.1, 0.15) is 15.9 Å².